The van der Waals surface area contributed by atoms with Crippen molar-refractivity contribution < 1.29 is 33.5 Å². The average Bonchev–Trinajstić information content (AvgIpc) is 2.17. The number of hydrogen-bond donors (Lipinski definition) is 0. The highest BCUT2D eigenvalue weighted by molar-refractivity contribution is 6.24. The quantitative estimate of drug-likeness (QED) is 0.0668. The normalized spacial score (nSPS) is 19.5. The summed E-state index contributed by atoms with van der Waals surface area (Å²) in [5.41, 5.74) is 6.37. The van der Waals surface area contributed by atoms with Crippen LogP contribution >= 0.6 is 0 Å². The van der Waals surface area contributed by atoms with Crippen LogP contribution in [-0.4, -0.2) is 187 Å². The third-order valence-electron chi connectivity index (χ3n) is 18.7. The number of ketones is 1. The first kappa shape index (κ1) is 59.4. The van der Waals surface area contributed by atoms with E-state index in [1.165, 1.54) is 0 Å². The molecule has 0 N–H and O–H groups in total. The fraction of sp³-hybridized carbons (Fsp3) is 0.412. The smallest absolute Gasteiger partial charge is 0.410 e. The molecule has 4 fully saturated rings. The molecule has 2 aromatic heterocycles. The number of benzene rings is 4. The third-order valence-corrected chi connectivity index (χ3v) is 18.7. The molecule has 4 aromatic carbocycles. The number of fused-ring (bicyclic) bond motifs is 2. The highest BCUT2D eigenvalue weighted by Crippen LogP contribution is 2.49. The summed E-state index contributed by atoms with van der Waals surface area (Å²) in [7, 11) is 3.92. The zero-order valence-corrected chi connectivity index (χ0v) is 52.3. The molecular formula is C68H78N16O6. The highest BCUT2D eigenvalue weighted by Gasteiger charge is 2.47. The minimum absolute atomic E-state index is 0.0665. The van der Waals surface area contributed by atoms with Crippen LogP contribution in [0.5, 0.6) is 0 Å². The lowest BCUT2D eigenvalue weighted by Crippen LogP contribution is -2.49. The zero-order valence-electron chi connectivity index (χ0n) is 52.3. The van der Waals surface area contributed by atoms with Gasteiger partial charge >= 0.3 is 12.2 Å². The van der Waals surface area contributed by atoms with Crippen molar-refractivity contribution in [3.8, 4) is 0 Å². The number of hydrogen-bond acceptors (Lipinski definition) is 19. The monoisotopic (exact) mass is 1210 g/mol. The van der Waals surface area contributed by atoms with Gasteiger partial charge in [0.1, 0.15) is 6.61 Å². The van der Waals surface area contributed by atoms with E-state index in [1.54, 1.807) is 22.0 Å². The largest absolute Gasteiger partial charge is 0.871 e. The topological polar surface area (TPSA) is 202 Å². The van der Waals surface area contributed by atoms with Gasteiger partial charge in [-0.1, -0.05) is 92.4 Å². The summed E-state index contributed by atoms with van der Waals surface area (Å²) < 4.78 is 14.1. The summed E-state index contributed by atoms with van der Waals surface area (Å²) in [6, 6.07) is 36.1. The third kappa shape index (κ3) is 11.5. The van der Waals surface area contributed by atoms with Crippen molar-refractivity contribution in [1.29, 1.82) is 0 Å². The average molecular weight is 1220 g/mol. The predicted octanol–water partition coefficient (Wildman–Crippen LogP) is 7.89. The molecule has 13 rings (SSSR count). The van der Waals surface area contributed by atoms with Crippen LogP contribution in [-0.2, 0) is 25.1 Å². The minimum atomic E-state index is -0.593. The number of amides is 2. The van der Waals surface area contributed by atoms with Gasteiger partial charge in [0.25, 0.3) is 0 Å². The molecule has 0 unspecified atom stereocenters. The van der Waals surface area contributed by atoms with Crippen molar-refractivity contribution in [3.63, 3.8) is 0 Å². The predicted molar refractivity (Wildman–Crippen MR) is 346 cm³/mol. The van der Waals surface area contributed by atoms with Crippen molar-refractivity contribution in [2.45, 2.75) is 64.2 Å². The van der Waals surface area contributed by atoms with Gasteiger partial charge in [-0.15, -0.1) is 0 Å². The molecule has 0 spiro atoms. The molecule has 0 radical (unpaired) electrons. The van der Waals surface area contributed by atoms with Gasteiger partial charge in [-0.3, -0.25) is 4.79 Å². The van der Waals surface area contributed by atoms with Crippen LogP contribution in [0.3, 0.4) is 0 Å². The van der Waals surface area contributed by atoms with Crippen molar-refractivity contribution in [2.24, 2.45) is 0 Å². The van der Waals surface area contributed by atoms with Crippen molar-refractivity contribution >= 4 is 82.1 Å². The van der Waals surface area contributed by atoms with Gasteiger partial charge in [0.15, 0.2) is 24.6 Å². The number of allylic oxidation sites excluding steroid dienone is 5. The number of anilines is 9. The minimum Gasteiger partial charge on any atom is -0.871 e. The maximum absolute atomic E-state index is 14.5. The molecule has 7 aliphatic rings. The van der Waals surface area contributed by atoms with Gasteiger partial charge in [0, 0.05) is 150 Å². The van der Waals surface area contributed by atoms with Crippen molar-refractivity contribution in [3.05, 3.63) is 155 Å². The van der Waals surface area contributed by atoms with Gasteiger partial charge in [-0.25, -0.2) is 9.59 Å². The number of nitrogens with zero attached hydrogens (tertiary/aromatic N) is 16. The lowest BCUT2D eigenvalue weighted by molar-refractivity contribution is -0.440. The molecule has 4 saturated heterocycles. The molecule has 8 heterocycles. The second-order valence-electron chi connectivity index (χ2n) is 25.0. The van der Waals surface area contributed by atoms with Crippen LogP contribution < -0.4 is 39.4 Å². The van der Waals surface area contributed by atoms with Gasteiger partial charge in [-0.2, -0.15) is 34.5 Å². The van der Waals surface area contributed by atoms with E-state index in [1.807, 2.05) is 121 Å². The first-order valence-corrected chi connectivity index (χ1v) is 31.6. The Bertz CT molecular complexity index is 3830. The number of Topliss-reactive ketones (excluding diaryl/α,β-unsaturated/α-hetero) is 1. The van der Waals surface area contributed by atoms with E-state index < -0.39 is 23.0 Å². The molecule has 466 valence electrons. The lowest BCUT2D eigenvalue weighted by Gasteiger charge is -2.35. The molecule has 22 nitrogen and oxygen atoms in total. The van der Waals surface area contributed by atoms with E-state index in [9.17, 15) is 19.5 Å². The van der Waals surface area contributed by atoms with E-state index in [2.05, 4.69) is 68.9 Å². The van der Waals surface area contributed by atoms with E-state index >= 15 is 0 Å². The molecule has 1 aliphatic carbocycles. The second kappa shape index (κ2) is 24.8. The maximum atomic E-state index is 14.5. The van der Waals surface area contributed by atoms with Gasteiger partial charge < -0.3 is 58.7 Å². The van der Waals surface area contributed by atoms with Crippen LogP contribution in [0, 0.1) is 0 Å². The summed E-state index contributed by atoms with van der Waals surface area (Å²) in [6.45, 7) is 16.4. The van der Waals surface area contributed by atoms with Crippen LogP contribution in [0.1, 0.15) is 64.5 Å². The van der Waals surface area contributed by atoms with E-state index in [4.69, 9.17) is 39.4 Å². The number of aromatic nitrogens is 6. The summed E-state index contributed by atoms with van der Waals surface area (Å²) in [5, 5.41) is 14.5. The molecule has 6 aromatic rings. The number of ether oxygens (including phenoxy) is 2. The van der Waals surface area contributed by atoms with Gasteiger partial charge in [0.05, 0.1) is 12.0 Å². The standard InChI is InChI=1S/C68H78N16O6/c1-67(2)51-25-13-15-27-53(51)83(41-43-89-65(87)81-37-33-79(34-38-81)63-71-59(75(5)47-21-9-7-10-22-47)69-61(73-63)77-29-17-18-30-77)55(67)45-49-57(85)50(58(49)86)46-56-68(3,4)52-26-14-16-28-54(52)84(56)42-44-90-66(88)82-39-35-80(36-40-82)64-72-60(76(6)48-23-11-8-12-24-48)70-62(74-64)78-31-19-20-32-78/h7-16,21-28,45-46H,17-20,29-44H2,1-6H3. The molecule has 0 bridgehead atoms. The van der Waals surface area contributed by atoms with Crippen molar-refractivity contribution in [1.82, 2.24) is 39.7 Å². The Morgan fingerprint density at radius 2 is 0.989 bits per heavy atom. The molecule has 0 atom stereocenters. The number of carbonyl (C=O) groups is 3. The van der Waals surface area contributed by atoms with E-state index in [0.717, 1.165) is 97.1 Å². The van der Waals surface area contributed by atoms with Crippen LogP contribution in [0.2, 0.25) is 0 Å². The Balaban J connectivity index is 0.665. The van der Waals surface area contributed by atoms with Crippen LogP contribution in [0.15, 0.2) is 144 Å². The summed E-state index contributed by atoms with van der Waals surface area (Å²) in [4.78, 5) is 89.6. The Labute approximate surface area is 525 Å². The zero-order chi connectivity index (χ0) is 62.3. The maximum Gasteiger partial charge on any atom is 0.410 e. The number of carbonyl (C=O) groups excluding carboxylic acids is 3. The molecule has 0 saturated carbocycles. The van der Waals surface area contributed by atoms with Gasteiger partial charge in [-0.05, 0) is 81.5 Å². The summed E-state index contributed by atoms with van der Waals surface area (Å²) in [6.07, 6.45) is 6.99. The summed E-state index contributed by atoms with van der Waals surface area (Å²) >= 11 is 0. The second-order valence-corrected chi connectivity index (χ2v) is 25.0. The fourth-order valence-corrected chi connectivity index (χ4v) is 13.4. The molecule has 90 heavy (non-hydrogen) atoms. The van der Waals surface area contributed by atoms with Crippen LogP contribution in [0.4, 0.5) is 68.0 Å². The van der Waals surface area contributed by atoms with E-state index in [-0.39, 0.29) is 35.9 Å². The Hall–Kier alpha value is -9.60. The summed E-state index contributed by atoms with van der Waals surface area (Å²) in [5.74, 6) is 2.90. The SMILES string of the molecule is CN(c1ccccc1)c1nc(N2CCCC2)nc(N2CCN(C(=O)OCCN3/C(=C/C4=C([O-])C(=CC5=[N+](CCOC(=O)N6CCN(c7nc(N8CCCC8)nc(N(C)c8ccccc8)n7)CC6)c6ccccc6C5(C)C)C4=O)C(C)(C)c4ccccc43)CC2)n1. The highest BCUT2D eigenvalue weighted by atomic mass is 16.6. The van der Waals surface area contributed by atoms with Crippen LogP contribution in [0.25, 0.3) is 0 Å². The Morgan fingerprint density at radius 3 is 1.49 bits per heavy atom. The number of rotatable bonds is 16. The Kier molecular flexibility index (Phi) is 16.3. The number of piperazine rings is 2. The molecule has 22 heteroatoms. The Morgan fingerprint density at radius 1 is 0.544 bits per heavy atom. The van der Waals surface area contributed by atoms with E-state index in [0.29, 0.717) is 101 Å². The lowest BCUT2D eigenvalue weighted by atomic mass is 9.77. The van der Waals surface area contributed by atoms with Gasteiger partial charge in [0.2, 0.25) is 41.4 Å². The van der Waals surface area contributed by atoms with Crippen molar-refractivity contribution in [2.75, 3.05) is 153 Å². The molecule has 6 aliphatic heterocycles. The first-order valence-electron chi connectivity index (χ1n) is 31.6. The number of para-hydroxylation sites is 4. The fourth-order valence-electron chi connectivity index (χ4n) is 13.4. The first-order chi connectivity index (χ1) is 43.6. The molecule has 2 amide bonds. The molecular weight excluding hydrogens is 1140 g/mol.